The van der Waals surface area contributed by atoms with Crippen LogP contribution in [0.3, 0.4) is 0 Å². The Morgan fingerprint density at radius 2 is 1.78 bits per heavy atom. The van der Waals surface area contributed by atoms with Gasteiger partial charge in [0, 0.05) is 13.1 Å². The number of rotatable bonds is 9. The van der Waals surface area contributed by atoms with Crippen LogP contribution in [0.15, 0.2) is 42.5 Å². The molecule has 2 rings (SSSR count). The first-order chi connectivity index (χ1) is 11.2. The van der Waals surface area contributed by atoms with Gasteiger partial charge in [-0.05, 0) is 48.7 Å². The molecule has 0 bridgehead atoms. The van der Waals surface area contributed by atoms with E-state index in [0.29, 0.717) is 19.8 Å². The molecule has 0 spiro atoms. The van der Waals surface area contributed by atoms with Crippen molar-refractivity contribution in [1.82, 2.24) is 5.32 Å². The molecule has 0 heterocycles. The summed E-state index contributed by atoms with van der Waals surface area (Å²) in [6, 6.07) is 14.0. The molecule has 23 heavy (non-hydrogen) atoms. The van der Waals surface area contributed by atoms with E-state index in [1.807, 2.05) is 36.4 Å². The molecule has 4 heteroatoms. The lowest BCUT2D eigenvalue weighted by atomic mass is 10.1. The molecular formula is C19H25NO3. The predicted molar refractivity (Wildman–Crippen MR) is 92.1 cm³/mol. The van der Waals surface area contributed by atoms with Crippen LogP contribution in [0.4, 0.5) is 0 Å². The van der Waals surface area contributed by atoms with Crippen molar-refractivity contribution in [3.05, 3.63) is 59.2 Å². The summed E-state index contributed by atoms with van der Waals surface area (Å²) in [6.07, 6.45) is 0. The number of ether oxygens (including phenoxy) is 2. The largest absolute Gasteiger partial charge is 0.490 e. The molecule has 0 unspecified atom stereocenters. The Kier molecular flexibility index (Phi) is 6.91. The van der Waals surface area contributed by atoms with Crippen LogP contribution in [0.5, 0.6) is 11.5 Å². The fourth-order valence-electron chi connectivity index (χ4n) is 2.25. The highest BCUT2D eigenvalue weighted by Crippen LogP contribution is 2.20. The molecule has 0 amide bonds. The molecule has 0 saturated carbocycles. The van der Waals surface area contributed by atoms with Gasteiger partial charge in [0.25, 0.3) is 0 Å². The minimum absolute atomic E-state index is 0.145. The van der Waals surface area contributed by atoms with Gasteiger partial charge in [0.05, 0.1) is 6.61 Å². The quantitative estimate of drug-likeness (QED) is 0.699. The normalized spacial score (nSPS) is 10.6. The molecule has 0 aliphatic carbocycles. The molecule has 0 saturated heterocycles. The minimum atomic E-state index is 0.145. The van der Waals surface area contributed by atoms with E-state index in [2.05, 4.69) is 25.2 Å². The smallest absolute Gasteiger partial charge is 0.122 e. The summed E-state index contributed by atoms with van der Waals surface area (Å²) < 4.78 is 11.5. The van der Waals surface area contributed by atoms with Gasteiger partial charge >= 0.3 is 0 Å². The van der Waals surface area contributed by atoms with E-state index >= 15 is 0 Å². The van der Waals surface area contributed by atoms with Crippen LogP contribution < -0.4 is 14.8 Å². The monoisotopic (exact) mass is 315 g/mol. The van der Waals surface area contributed by atoms with Crippen molar-refractivity contribution in [2.24, 2.45) is 0 Å². The number of aliphatic hydroxyl groups is 1. The first-order valence-electron chi connectivity index (χ1n) is 7.93. The summed E-state index contributed by atoms with van der Waals surface area (Å²) >= 11 is 0. The Bertz CT molecular complexity index is 613. The lowest BCUT2D eigenvalue weighted by Gasteiger charge is -2.12. The van der Waals surface area contributed by atoms with E-state index in [-0.39, 0.29) is 6.61 Å². The van der Waals surface area contributed by atoms with Crippen LogP contribution in [0.25, 0.3) is 0 Å². The van der Waals surface area contributed by atoms with Gasteiger partial charge in [-0.1, -0.05) is 24.3 Å². The molecule has 0 radical (unpaired) electrons. The molecular weight excluding hydrogens is 290 g/mol. The van der Waals surface area contributed by atoms with Gasteiger partial charge in [-0.2, -0.15) is 0 Å². The Morgan fingerprint density at radius 3 is 2.61 bits per heavy atom. The van der Waals surface area contributed by atoms with Gasteiger partial charge in [0.15, 0.2) is 0 Å². The van der Waals surface area contributed by atoms with Crippen molar-refractivity contribution in [2.45, 2.75) is 20.4 Å². The van der Waals surface area contributed by atoms with Gasteiger partial charge < -0.3 is 19.9 Å². The summed E-state index contributed by atoms with van der Waals surface area (Å²) in [5.41, 5.74) is 3.53. The molecule has 4 nitrogen and oxygen atoms in total. The Morgan fingerprint density at radius 1 is 1.00 bits per heavy atom. The van der Waals surface area contributed by atoms with Gasteiger partial charge in [-0.15, -0.1) is 0 Å². The zero-order valence-corrected chi connectivity index (χ0v) is 13.8. The fraction of sp³-hybridized carbons (Fsp3) is 0.368. The number of hydrogen-bond acceptors (Lipinski definition) is 4. The third kappa shape index (κ3) is 5.58. The number of hydrogen-bond donors (Lipinski definition) is 2. The van der Waals surface area contributed by atoms with Crippen molar-refractivity contribution < 1.29 is 14.6 Å². The van der Waals surface area contributed by atoms with Gasteiger partial charge in [0.2, 0.25) is 0 Å². The Balaban J connectivity index is 1.77. The zero-order chi connectivity index (χ0) is 16.5. The lowest BCUT2D eigenvalue weighted by Crippen LogP contribution is -2.17. The van der Waals surface area contributed by atoms with E-state index in [4.69, 9.17) is 14.6 Å². The van der Waals surface area contributed by atoms with E-state index in [0.717, 1.165) is 23.6 Å². The Hall–Kier alpha value is -2.04. The molecule has 0 atom stereocenters. The predicted octanol–water partition coefficient (Wildman–Crippen LogP) is 2.84. The van der Waals surface area contributed by atoms with Crippen molar-refractivity contribution >= 4 is 0 Å². The third-order valence-electron chi connectivity index (χ3n) is 3.68. The highest BCUT2D eigenvalue weighted by molar-refractivity contribution is 5.38. The van der Waals surface area contributed by atoms with Crippen LogP contribution >= 0.6 is 0 Å². The summed E-state index contributed by atoms with van der Waals surface area (Å²) in [6.45, 7) is 6.61. The zero-order valence-electron chi connectivity index (χ0n) is 13.8. The first-order valence-corrected chi connectivity index (χ1v) is 7.93. The van der Waals surface area contributed by atoms with Crippen LogP contribution in [-0.4, -0.2) is 31.5 Å². The van der Waals surface area contributed by atoms with Gasteiger partial charge in [-0.25, -0.2) is 0 Å². The second-order valence-corrected chi connectivity index (χ2v) is 5.44. The lowest BCUT2D eigenvalue weighted by molar-refractivity contribution is 0.216. The summed E-state index contributed by atoms with van der Waals surface area (Å²) in [4.78, 5) is 0. The fourth-order valence-corrected chi connectivity index (χ4v) is 2.25. The van der Waals surface area contributed by atoms with E-state index in [1.165, 1.54) is 11.1 Å². The maximum Gasteiger partial charge on any atom is 0.122 e. The molecule has 2 aromatic rings. The van der Waals surface area contributed by atoms with E-state index < -0.39 is 0 Å². The summed E-state index contributed by atoms with van der Waals surface area (Å²) in [5.74, 6) is 1.74. The van der Waals surface area contributed by atoms with Gasteiger partial charge in [0.1, 0.15) is 24.7 Å². The highest BCUT2D eigenvalue weighted by atomic mass is 16.5. The van der Waals surface area contributed by atoms with Crippen molar-refractivity contribution in [3.8, 4) is 11.5 Å². The maximum absolute atomic E-state index is 8.77. The van der Waals surface area contributed by atoms with Crippen LogP contribution in [0, 0.1) is 13.8 Å². The Labute approximate surface area is 138 Å². The number of nitrogens with one attached hydrogen (secondary N) is 1. The van der Waals surface area contributed by atoms with Crippen LogP contribution in [0.1, 0.15) is 16.7 Å². The highest BCUT2D eigenvalue weighted by Gasteiger charge is 2.02. The van der Waals surface area contributed by atoms with E-state index in [9.17, 15) is 0 Å². The number of benzene rings is 2. The minimum Gasteiger partial charge on any atom is -0.490 e. The maximum atomic E-state index is 8.77. The molecule has 0 fully saturated rings. The standard InChI is InChI=1S/C19H25NO3/c1-15-5-3-8-19(16(15)2)23-12-11-22-18-7-4-6-17(13-18)14-20-9-10-21/h3-8,13,20-21H,9-12,14H2,1-2H3. The molecule has 2 aromatic carbocycles. The first kappa shape index (κ1) is 17.3. The third-order valence-corrected chi connectivity index (χ3v) is 3.68. The topological polar surface area (TPSA) is 50.7 Å². The van der Waals surface area contributed by atoms with E-state index in [1.54, 1.807) is 0 Å². The molecule has 2 N–H and O–H groups in total. The average molecular weight is 315 g/mol. The summed E-state index contributed by atoms with van der Waals surface area (Å²) in [5, 5.41) is 11.9. The van der Waals surface area contributed by atoms with Gasteiger partial charge in [-0.3, -0.25) is 0 Å². The number of aryl methyl sites for hydroxylation is 1. The molecule has 0 aliphatic heterocycles. The molecule has 124 valence electrons. The average Bonchev–Trinajstić information content (AvgIpc) is 2.56. The van der Waals surface area contributed by atoms with Crippen LogP contribution in [0.2, 0.25) is 0 Å². The van der Waals surface area contributed by atoms with Crippen molar-refractivity contribution in [3.63, 3.8) is 0 Å². The SMILES string of the molecule is Cc1cccc(OCCOc2cccc(CNCCO)c2)c1C. The summed E-state index contributed by atoms with van der Waals surface area (Å²) in [7, 11) is 0. The van der Waals surface area contributed by atoms with Crippen molar-refractivity contribution in [1.29, 1.82) is 0 Å². The number of aliphatic hydroxyl groups excluding tert-OH is 1. The molecule has 0 aromatic heterocycles. The molecule has 0 aliphatic rings. The second kappa shape index (κ2) is 9.18. The van der Waals surface area contributed by atoms with Crippen molar-refractivity contribution in [2.75, 3.05) is 26.4 Å². The van der Waals surface area contributed by atoms with Crippen LogP contribution in [-0.2, 0) is 6.54 Å². The second-order valence-electron chi connectivity index (χ2n) is 5.44.